The lowest BCUT2D eigenvalue weighted by atomic mass is 10.2. The van der Waals surface area contributed by atoms with Crippen LogP contribution < -0.4 is 14.4 Å². The number of ether oxygens (including phenoxy) is 1. The van der Waals surface area contributed by atoms with Crippen LogP contribution in [-0.4, -0.2) is 33.7 Å². The molecule has 146 valence electrons. The zero-order chi connectivity index (χ0) is 20.2. The van der Waals surface area contributed by atoms with E-state index in [0.29, 0.717) is 28.6 Å². The Bertz CT molecular complexity index is 914. The molecule has 0 fully saturated rings. The lowest BCUT2D eigenvalue weighted by Crippen LogP contribution is -2.32. The maximum atomic E-state index is 12.6. The summed E-state index contributed by atoms with van der Waals surface area (Å²) in [4.78, 5) is 12.6. The van der Waals surface area contributed by atoms with Gasteiger partial charge in [0.05, 0.1) is 11.9 Å². The predicted octanol–water partition coefficient (Wildman–Crippen LogP) is 3.84. The second kappa shape index (κ2) is 8.63. The van der Waals surface area contributed by atoms with Crippen LogP contribution in [0.25, 0.3) is 0 Å². The van der Waals surface area contributed by atoms with E-state index in [4.69, 9.17) is 16.3 Å². The Morgan fingerprint density at radius 1 is 1.22 bits per heavy atom. The van der Waals surface area contributed by atoms with Crippen LogP contribution in [0.3, 0.4) is 0 Å². The van der Waals surface area contributed by atoms with E-state index in [1.807, 2.05) is 19.9 Å². The molecule has 8 heteroatoms. The van der Waals surface area contributed by atoms with Crippen molar-refractivity contribution in [1.29, 1.82) is 0 Å². The van der Waals surface area contributed by atoms with E-state index in [2.05, 4.69) is 5.32 Å². The van der Waals surface area contributed by atoms with Gasteiger partial charge in [0.15, 0.2) is 6.10 Å². The first-order chi connectivity index (χ1) is 12.6. The molecule has 0 spiro atoms. The van der Waals surface area contributed by atoms with Crippen molar-refractivity contribution < 1.29 is 17.9 Å². The second-order valence-electron chi connectivity index (χ2n) is 6.19. The summed E-state index contributed by atoms with van der Waals surface area (Å²) in [6.45, 7) is 3.73. The van der Waals surface area contributed by atoms with E-state index >= 15 is 0 Å². The fourth-order valence-electron chi connectivity index (χ4n) is 2.35. The number of anilines is 2. The first kappa shape index (κ1) is 21.1. The summed E-state index contributed by atoms with van der Waals surface area (Å²) in [6, 6.07) is 11.8. The molecule has 0 heterocycles. The van der Waals surface area contributed by atoms with Crippen molar-refractivity contribution in [2.24, 2.45) is 0 Å². The van der Waals surface area contributed by atoms with Crippen molar-refractivity contribution in [2.75, 3.05) is 22.9 Å². The second-order valence-corrected chi connectivity index (χ2v) is 8.64. The van der Waals surface area contributed by atoms with Gasteiger partial charge in [-0.1, -0.05) is 24.6 Å². The van der Waals surface area contributed by atoms with Gasteiger partial charge in [-0.2, -0.15) is 0 Å². The molecule has 1 unspecified atom stereocenters. The Balaban J connectivity index is 2.10. The number of nitrogens with one attached hydrogen (secondary N) is 1. The van der Waals surface area contributed by atoms with Gasteiger partial charge in [-0.25, -0.2) is 8.42 Å². The zero-order valence-corrected chi connectivity index (χ0v) is 17.3. The molecule has 2 rings (SSSR count). The molecular weight excluding hydrogens is 388 g/mol. The number of rotatable bonds is 7. The van der Waals surface area contributed by atoms with Crippen LogP contribution >= 0.6 is 11.6 Å². The smallest absolute Gasteiger partial charge is 0.265 e. The Morgan fingerprint density at radius 2 is 1.85 bits per heavy atom. The normalized spacial score (nSPS) is 12.3. The molecule has 0 aliphatic rings. The van der Waals surface area contributed by atoms with Gasteiger partial charge in [0.1, 0.15) is 5.75 Å². The summed E-state index contributed by atoms with van der Waals surface area (Å²) >= 11 is 5.99. The van der Waals surface area contributed by atoms with E-state index in [0.717, 1.165) is 11.8 Å². The number of hydrogen-bond donors (Lipinski definition) is 1. The molecule has 0 saturated carbocycles. The molecule has 1 amide bonds. The van der Waals surface area contributed by atoms with Gasteiger partial charge in [-0.05, 0) is 55.3 Å². The van der Waals surface area contributed by atoms with Crippen LogP contribution in [-0.2, 0) is 14.8 Å². The topological polar surface area (TPSA) is 75.7 Å². The van der Waals surface area contributed by atoms with Gasteiger partial charge in [-0.3, -0.25) is 9.10 Å². The summed E-state index contributed by atoms with van der Waals surface area (Å²) in [5.74, 6) is 0.200. The molecule has 0 aliphatic heterocycles. The number of carbonyl (C=O) groups excluding carboxylic acids is 1. The van der Waals surface area contributed by atoms with Gasteiger partial charge >= 0.3 is 0 Å². The van der Waals surface area contributed by atoms with E-state index in [1.165, 1.54) is 11.4 Å². The van der Waals surface area contributed by atoms with Crippen molar-refractivity contribution in [3.05, 3.63) is 53.1 Å². The lowest BCUT2D eigenvalue weighted by Gasteiger charge is -2.20. The number of hydrogen-bond acceptors (Lipinski definition) is 4. The third-order valence-corrected chi connectivity index (χ3v) is 5.54. The number of benzene rings is 2. The van der Waals surface area contributed by atoms with E-state index < -0.39 is 16.1 Å². The molecule has 0 bridgehead atoms. The molecule has 2 aromatic carbocycles. The number of sulfonamides is 1. The molecule has 0 aromatic heterocycles. The number of carbonyl (C=O) groups is 1. The highest BCUT2D eigenvalue weighted by atomic mass is 35.5. The predicted molar refractivity (Wildman–Crippen MR) is 109 cm³/mol. The molecule has 0 saturated heterocycles. The zero-order valence-electron chi connectivity index (χ0n) is 15.7. The largest absolute Gasteiger partial charge is 0.481 e. The van der Waals surface area contributed by atoms with Crippen LogP contribution in [0.2, 0.25) is 5.02 Å². The van der Waals surface area contributed by atoms with Crippen molar-refractivity contribution >= 4 is 38.9 Å². The molecule has 1 atom stereocenters. The number of halogens is 1. The van der Waals surface area contributed by atoms with Gasteiger partial charge in [0.25, 0.3) is 5.91 Å². The van der Waals surface area contributed by atoms with Gasteiger partial charge < -0.3 is 10.1 Å². The fraction of sp³-hybridized carbons (Fsp3) is 0.316. The minimum Gasteiger partial charge on any atom is -0.481 e. The average Bonchev–Trinajstić information content (AvgIpc) is 2.61. The molecule has 27 heavy (non-hydrogen) atoms. The molecule has 6 nitrogen and oxygen atoms in total. The Morgan fingerprint density at radius 3 is 2.41 bits per heavy atom. The number of aryl methyl sites for hydroxylation is 1. The fourth-order valence-corrected chi connectivity index (χ4v) is 3.03. The van der Waals surface area contributed by atoms with E-state index in [1.54, 1.807) is 36.4 Å². The molecule has 0 radical (unpaired) electrons. The maximum absolute atomic E-state index is 12.6. The monoisotopic (exact) mass is 410 g/mol. The highest BCUT2D eigenvalue weighted by Gasteiger charge is 2.20. The minimum absolute atomic E-state index is 0.278. The molecule has 2 aromatic rings. The van der Waals surface area contributed by atoms with Gasteiger partial charge in [0, 0.05) is 17.8 Å². The van der Waals surface area contributed by atoms with Gasteiger partial charge in [-0.15, -0.1) is 0 Å². The average molecular weight is 411 g/mol. The number of nitrogens with zero attached hydrogens (tertiary/aromatic N) is 1. The quantitative estimate of drug-likeness (QED) is 0.752. The first-order valence-corrected chi connectivity index (χ1v) is 10.6. The Kier molecular flexibility index (Phi) is 6.73. The van der Waals surface area contributed by atoms with E-state index in [-0.39, 0.29) is 5.91 Å². The number of amides is 1. The lowest BCUT2D eigenvalue weighted by molar-refractivity contribution is -0.122. The van der Waals surface area contributed by atoms with Crippen molar-refractivity contribution in [2.45, 2.75) is 26.4 Å². The summed E-state index contributed by atoms with van der Waals surface area (Å²) in [7, 11) is -1.86. The van der Waals surface area contributed by atoms with Crippen LogP contribution in [0.5, 0.6) is 5.75 Å². The summed E-state index contributed by atoms with van der Waals surface area (Å²) in [6.07, 6.45) is 0.908. The van der Waals surface area contributed by atoms with Crippen LogP contribution in [0.15, 0.2) is 42.5 Å². The SMILES string of the molecule is CCC(Oc1ccc(N(C)S(C)(=O)=O)cc1)C(=O)Nc1cc(Cl)ccc1C. The molecule has 0 aliphatic carbocycles. The van der Waals surface area contributed by atoms with Crippen LogP contribution in [0.1, 0.15) is 18.9 Å². The highest BCUT2D eigenvalue weighted by molar-refractivity contribution is 7.92. The van der Waals surface area contributed by atoms with Gasteiger partial charge in [0.2, 0.25) is 10.0 Å². The molecular formula is C19H23ClN2O4S. The van der Waals surface area contributed by atoms with Crippen molar-refractivity contribution in [1.82, 2.24) is 0 Å². The summed E-state index contributed by atoms with van der Waals surface area (Å²) in [5, 5.41) is 3.37. The Hall–Kier alpha value is -2.25. The Labute approximate surface area is 165 Å². The third kappa shape index (κ3) is 5.61. The van der Waals surface area contributed by atoms with E-state index in [9.17, 15) is 13.2 Å². The molecule has 1 N–H and O–H groups in total. The first-order valence-electron chi connectivity index (χ1n) is 8.39. The minimum atomic E-state index is -3.33. The highest BCUT2D eigenvalue weighted by Crippen LogP contribution is 2.23. The third-order valence-electron chi connectivity index (χ3n) is 4.10. The summed E-state index contributed by atoms with van der Waals surface area (Å²) < 4.78 is 30.1. The van der Waals surface area contributed by atoms with Crippen molar-refractivity contribution in [3.8, 4) is 5.75 Å². The van der Waals surface area contributed by atoms with Crippen LogP contribution in [0.4, 0.5) is 11.4 Å². The standard InChI is InChI=1S/C19H23ClN2O4S/c1-5-18(19(23)21-17-12-14(20)7-6-13(17)2)26-16-10-8-15(9-11-16)22(3)27(4,24)25/h6-12,18H,5H2,1-4H3,(H,21,23). The summed E-state index contributed by atoms with van der Waals surface area (Å²) in [5.41, 5.74) is 2.05. The van der Waals surface area contributed by atoms with Crippen LogP contribution in [0, 0.1) is 6.92 Å². The van der Waals surface area contributed by atoms with Crippen molar-refractivity contribution in [3.63, 3.8) is 0 Å². The maximum Gasteiger partial charge on any atom is 0.265 e.